The monoisotopic (exact) mass is 423 g/mol. The van der Waals surface area contributed by atoms with Crippen molar-refractivity contribution in [2.45, 2.75) is 0 Å². The first kappa shape index (κ1) is 17.9. The fourth-order valence-electron chi connectivity index (χ4n) is 3.62. The van der Waals surface area contributed by atoms with E-state index in [2.05, 4.69) is 50.6 Å². The van der Waals surface area contributed by atoms with E-state index in [0.29, 0.717) is 17.1 Å². The second kappa shape index (κ2) is 7.40. The van der Waals surface area contributed by atoms with Gasteiger partial charge in [0.05, 0.1) is 11.4 Å². The van der Waals surface area contributed by atoms with Crippen molar-refractivity contribution in [1.82, 2.24) is 45.3 Å². The molecular weight excluding hydrogens is 406 g/mol. The van der Waals surface area contributed by atoms with Crippen LogP contribution in [0.5, 0.6) is 0 Å². The van der Waals surface area contributed by atoms with Crippen molar-refractivity contribution in [2.24, 2.45) is 4.99 Å². The van der Waals surface area contributed by atoms with Crippen LogP contribution in [0.4, 0.5) is 17.5 Å². The summed E-state index contributed by atoms with van der Waals surface area (Å²) in [5.74, 6) is 2.11. The zero-order chi connectivity index (χ0) is 21.3. The number of aromatic amines is 5. The fraction of sp³-hybridized carbons (Fsp3) is 0. The maximum absolute atomic E-state index is 4.77. The van der Waals surface area contributed by atoms with Crippen molar-refractivity contribution >= 4 is 28.2 Å². The predicted octanol–water partition coefficient (Wildman–Crippen LogP) is 3.37. The molecule has 0 fully saturated rings. The van der Waals surface area contributed by atoms with Crippen LogP contribution < -0.4 is 10.8 Å². The molecule has 11 heteroatoms. The smallest absolute Gasteiger partial charge is 0.165 e. The van der Waals surface area contributed by atoms with Crippen LogP contribution in [0.25, 0.3) is 33.3 Å². The van der Waals surface area contributed by atoms with Crippen LogP contribution >= 0.6 is 0 Å². The lowest BCUT2D eigenvalue weighted by Crippen LogP contribution is -2.03. The highest BCUT2D eigenvalue weighted by Crippen LogP contribution is 2.29. The lowest BCUT2D eigenvalue weighted by atomic mass is 10.2. The molecule has 156 valence electrons. The zero-order valence-corrected chi connectivity index (χ0v) is 16.6. The van der Waals surface area contributed by atoms with Crippen LogP contribution in [0.1, 0.15) is 0 Å². The Balaban J connectivity index is 1.45. The number of hydrogen-bond donors (Lipinski definition) is 6. The SMILES string of the molecule is c1cc(-c2cc[nH]c2/N=c2\ncnc(Nc3[nH]ccc3-c3ccn[nH]3)c3c[nH]cc23)[nH]n1. The Bertz CT molecular complexity index is 1550. The van der Waals surface area contributed by atoms with E-state index >= 15 is 0 Å². The Kier molecular flexibility index (Phi) is 4.13. The van der Waals surface area contributed by atoms with Gasteiger partial charge in [-0.05, 0) is 24.3 Å². The summed E-state index contributed by atoms with van der Waals surface area (Å²) in [5, 5.41) is 19.0. The lowest BCUT2D eigenvalue weighted by molar-refractivity contribution is 1.09. The summed E-state index contributed by atoms with van der Waals surface area (Å²) >= 11 is 0. The van der Waals surface area contributed by atoms with E-state index in [4.69, 9.17) is 4.99 Å². The normalized spacial score (nSPS) is 11.9. The molecule has 0 aliphatic rings. The van der Waals surface area contributed by atoms with Gasteiger partial charge in [0.1, 0.15) is 23.8 Å². The molecule has 6 heterocycles. The molecule has 0 aliphatic heterocycles. The van der Waals surface area contributed by atoms with Gasteiger partial charge in [-0.15, -0.1) is 0 Å². The molecule has 0 bridgehead atoms. The van der Waals surface area contributed by atoms with E-state index in [-0.39, 0.29) is 0 Å². The van der Waals surface area contributed by atoms with E-state index in [1.807, 2.05) is 49.1 Å². The summed E-state index contributed by atoms with van der Waals surface area (Å²) in [6.45, 7) is 0. The zero-order valence-electron chi connectivity index (χ0n) is 16.6. The van der Waals surface area contributed by atoms with Gasteiger partial charge >= 0.3 is 0 Å². The third kappa shape index (κ3) is 3.04. The average molecular weight is 423 g/mol. The van der Waals surface area contributed by atoms with Gasteiger partial charge in [0.2, 0.25) is 0 Å². The summed E-state index contributed by atoms with van der Waals surface area (Å²) in [7, 11) is 0. The average Bonchev–Trinajstić information content (AvgIpc) is 3.61. The molecule has 6 aromatic rings. The quantitative estimate of drug-likeness (QED) is 0.251. The van der Waals surface area contributed by atoms with Crippen molar-refractivity contribution in [1.29, 1.82) is 0 Å². The Labute approximate surface area is 180 Å². The molecule has 0 saturated carbocycles. The highest BCUT2D eigenvalue weighted by atomic mass is 15.1. The van der Waals surface area contributed by atoms with Crippen LogP contribution in [0.3, 0.4) is 0 Å². The van der Waals surface area contributed by atoms with E-state index in [0.717, 1.165) is 39.1 Å². The molecule has 32 heavy (non-hydrogen) atoms. The Morgan fingerprint density at radius 1 is 0.781 bits per heavy atom. The molecule has 0 spiro atoms. The van der Waals surface area contributed by atoms with Gasteiger partial charge in [-0.1, -0.05) is 0 Å². The number of rotatable bonds is 5. The summed E-state index contributed by atoms with van der Waals surface area (Å²) < 4.78 is 0. The maximum Gasteiger partial charge on any atom is 0.165 e. The molecule has 11 nitrogen and oxygen atoms in total. The summed E-state index contributed by atoms with van der Waals surface area (Å²) in [6.07, 6.45) is 12.3. The molecule has 0 aliphatic carbocycles. The van der Waals surface area contributed by atoms with Gasteiger partial charge in [0.25, 0.3) is 0 Å². The first-order valence-corrected chi connectivity index (χ1v) is 9.84. The summed E-state index contributed by atoms with van der Waals surface area (Å²) in [5.41, 5.74) is 4.15. The molecule has 0 aromatic carbocycles. The highest BCUT2D eigenvalue weighted by molar-refractivity contribution is 5.93. The minimum absolute atomic E-state index is 0.533. The molecule has 0 atom stereocenters. The van der Waals surface area contributed by atoms with Crippen LogP contribution in [0.15, 0.2) is 72.8 Å². The lowest BCUT2D eigenvalue weighted by Gasteiger charge is -2.05. The predicted molar refractivity (Wildman–Crippen MR) is 119 cm³/mol. The largest absolute Gasteiger partial charge is 0.366 e. The Morgan fingerprint density at radius 3 is 2.34 bits per heavy atom. The number of hydrogen-bond acceptors (Lipinski definition) is 6. The van der Waals surface area contributed by atoms with Crippen LogP contribution in [-0.4, -0.2) is 45.3 Å². The van der Waals surface area contributed by atoms with Gasteiger partial charge in [-0.25, -0.2) is 15.0 Å². The second-order valence-electron chi connectivity index (χ2n) is 7.01. The minimum atomic E-state index is 0.533. The van der Waals surface area contributed by atoms with Crippen LogP contribution in [0, 0.1) is 0 Å². The Morgan fingerprint density at radius 2 is 1.53 bits per heavy atom. The summed E-state index contributed by atoms with van der Waals surface area (Å²) in [4.78, 5) is 23.3. The molecule has 0 amide bonds. The van der Waals surface area contributed by atoms with E-state index in [9.17, 15) is 0 Å². The van der Waals surface area contributed by atoms with Gasteiger partial charge in [0.15, 0.2) is 5.49 Å². The Hall–Kier alpha value is -4.93. The number of anilines is 2. The first-order chi connectivity index (χ1) is 15.9. The van der Waals surface area contributed by atoms with Gasteiger partial charge in [0, 0.05) is 59.1 Å². The highest BCUT2D eigenvalue weighted by Gasteiger charge is 2.12. The third-order valence-electron chi connectivity index (χ3n) is 5.12. The molecule has 6 aromatic heterocycles. The van der Waals surface area contributed by atoms with Gasteiger partial charge in [-0.2, -0.15) is 10.2 Å². The van der Waals surface area contributed by atoms with Crippen molar-refractivity contribution in [2.75, 3.05) is 5.32 Å². The van der Waals surface area contributed by atoms with Crippen molar-refractivity contribution < 1.29 is 0 Å². The minimum Gasteiger partial charge on any atom is -0.366 e. The van der Waals surface area contributed by atoms with E-state index < -0.39 is 0 Å². The van der Waals surface area contributed by atoms with Crippen LogP contribution in [-0.2, 0) is 0 Å². The fourth-order valence-corrected chi connectivity index (χ4v) is 3.62. The van der Waals surface area contributed by atoms with Crippen molar-refractivity contribution in [3.8, 4) is 22.5 Å². The van der Waals surface area contributed by atoms with E-state index in [1.165, 1.54) is 6.33 Å². The molecule has 0 saturated heterocycles. The first-order valence-electron chi connectivity index (χ1n) is 9.84. The molecule has 6 N–H and O–H groups in total. The number of nitrogens with zero attached hydrogens (tertiary/aromatic N) is 5. The standard InChI is InChI=1S/C21H17N11/c1-5-23-18(12(1)16-3-7-27-31-16)29-20-14-9-22-10-15(14)21(26-11-25-20)30-19-13(2-6-24-19)17-4-8-28-32-17/h1-11,22-24H,(H,27,31)(H,28,32)(H,25,26,29,30). The van der Waals surface area contributed by atoms with Crippen molar-refractivity contribution in [3.05, 3.63) is 73.3 Å². The third-order valence-corrected chi connectivity index (χ3v) is 5.12. The number of H-pyrrole nitrogens is 5. The van der Waals surface area contributed by atoms with Gasteiger partial charge < -0.3 is 20.3 Å². The number of fused-ring (bicyclic) bond motifs is 1. The van der Waals surface area contributed by atoms with Crippen LogP contribution in [0.2, 0.25) is 0 Å². The molecule has 0 radical (unpaired) electrons. The number of aromatic nitrogens is 9. The van der Waals surface area contributed by atoms with Crippen molar-refractivity contribution in [3.63, 3.8) is 0 Å². The summed E-state index contributed by atoms with van der Waals surface area (Å²) in [6, 6.07) is 7.71. The van der Waals surface area contributed by atoms with E-state index in [1.54, 1.807) is 12.4 Å². The second-order valence-corrected chi connectivity index (χ2v) is 7.01. The van der Waals surface area contributed by atoms with Gasteiger partial charge in [-0.3, -0.25) is 10.2 Å². The number of nitrogens with one attached hydrogen (secondary N) is 6. The molecular formula is C21H17N11. The molecule has 6 rings (SSSR count). The molecule has 0 unspecified atom stereocenters. The topological polar surface area (TPSA) is 155 Å². The maximum atomic E-state index is 4.77.